The van der Waals surface area contributed by atoms with Crippen LogP contribution in [0, 0.1) is 0 Å². The fourth-order valence-electron chi connectivity index (χ4n) is 0.848. The van der Waals surface area contributed by atoms with Crippen molar-refractivity contribution >= 4 is 0 Å². The first kappa shape index (κ1) is 10.9. The van der Waals surface area contributed by atoms with E-state index in [1.165, 1.54) is 12.8 Å². The predicted octanol–water partition coefficient (Wildman–Crippen LogP) is 2.05. The van der Waals surface area contributed by atoms with Crippen LogP contribution < -0.4 is 5.32 Å². The number of rotatable bonds is 7. The first-order valence-electron chi connectivity index (χ1n) is 4.59. The highest BCUT2D eigenvalue weighted by molar-refractivity contribution is 4.45. The summed E-state index contributed by atoms with van der Waals surface area (Å²) in [7, 11) is 0. The molecule has 0 unspecified atom stereocenters. The Balaban J connectivity index is 0. The van der Waals surface area contributed by atoms with Gasteiger partial charge in [-0.1, -0.05) is 6.92 Å². The van der Waals surface area contributed by atoms with Crippen molar-refractivity contribution < 1.29 is 6.16 Å². The molecule has 1 N–H and O–H groups in total. The average Bonchev–Trinajstić information content (AvgIpc) is 1.96. The molecule has 0 aromatic carbocycles. The number of ether oxygens (including phenoxy) is 1. The van der Waals surface area contributed by atoms with Crippen molar-refractivity contribution in [2.45, 2.75) is 39.7 Å². The summed E-state index contributed by atoms with van der Waals surface area (Å²) in [5, 5.41) is 3.28. The van der Waals surface area contributed by atoms with E-state index in [9.17, 15) is 0 Å². The summed E-state index contributed by atoms with van der Waals surface area (Å²) >= 11 is 0. The third kappa shape index (κ3) is 9.92. The molecule has 0 atom stereocenters. The van der Waals surface area contributed by atoms with Gasteiger partial charge in [-0.25, -0.2) is 0 Å². The van der Waals surface area contributed by atoms with Crippen LogP contribution in [0.25, 0.3) is 0 Å². The summed E-state index contributed by atoms with van der Waals surface area (Å²) in [5.74, 6) is 0. The number of hydrogen-bond acceptors (Lipinski definition) is 2. The summed E-state index contributed by atoms with van der Waals surface area (Å²) in [4.78, 5) is 0. The van der Waals surface area contributed by atoms with Gasteiger partial charge in [0.2, 0.25) is 0 Å². The topological polar surface area (TPSA) is 21.3 Å². The monoisotopic (exact) mass is 161 g/mol. The number of nitrogens with one attached hydrogen (secondary N) is 1. The maximum Gasteiger partial charge on any atom is 0.0518 e. The highest BCUT2D eigenvalue weighted by Crippen LogP contribution is 1.92. The molecule has 0 bridgehead atoms. The van der Waals surface area contributed by atoms with Crippen LogP contribution >= 0.6 is 0 Å². The molecule has 11 heavy (non-hydrogen) atoms. The summed E-state index contributed by atoms with van der Waals surface area (Å²) in [5.41, 5.74) is 0. The highest BCUT2D eigenvalue weighted by Gasteiger charge is 1.91. The Morgan fingerprint density at radius 1 is 1.36 bits per heavy atom. The van der Waals surface area contributed by atoms with Gasteiger partial charge in [0.1, 0.15) is 0 Å². The molecule has 0 radical (unpaired) electrons. The van der Waals surface area contributed by atoms with E-state index in [4.69, 9.17) is 4.74 Å². The van der Waals surface area contributed by atoms with E-state index in [1.54, 1.807) is 0 Å². The Morgan fingerprint density at radius 3 is 2.64 bits per heavy atom. The van der Waals surface area contributed by atoms with Crippen LogP contribution in [-0.2, 0) is 4.74 Å². The molecular formula is C9H23NO. The highest BCUT2D eigenvalue weighted by atomic mass is 16.5. The lowest BCUT2D eigenvalue weighted by Gasteiger charge is -2.06. The second-order valence-electron chi connectivity index (χ2n) is 2.98. The SMILES string of the molecule is CCNCCCCOC(C)C.[HH]. The minimum Gasteiger partial charge on any atom is -0.379 e. The van der Waals surface area contributed by atoms with Gasteiger partial charge in [0.25, 0.3) is 0 Å². The van der Waals surface area contributed by atoms with Gasteiger partial charge in [0.15, 0.2) is 0 Å². The molecule has 0 amide bonds. The van der Waals surface area contributed by atoms with Crippen molar-refractivity contribution in [2.75, 3.05) is 19.7 Å². The molecule has 0 aromatic heterocycles. The van der Waals surface area contributed by atoms with Crippen molar-refractivity contribution in [2.24, 2.45) is 0 Å². The predicted molar refractivity (Wildman–Crippen MR) is 51.0 cm³/mol. The van der Waals surface area contributed by atoms with E-state index in [0.717, 1.165) is 19.7 Å². The second kappa shape index (κ2) is 8.02. The summed E-state index contributed by atoms with van der Waals surface area (Å²) < 4.78 is 5.39. The zero-order valence-electron chi connectivity index (χ0n) is 8.02. The van der Waals surface area contributed by atoms with E-state index < -0.39 is 0 Å². The van der Waals surface area contributed by atoms with Gasteiger partial charge in [-0.05, 0) is 39.8 Å². The van der Waals surface area contributed by atoms with Gasteiger partial charge in [0.05, 0.1) is 6.10 Å². The zero-order chi connectivity index (χ0) is 8.53. The molecule has 0 aromatic rings. The Kier molecular flexibility index (Phi) is 7.96. The molecule has 0 aliphatic rings. The van der Waals surface area contributed by atoms with Crippen LogP contribution in [0.2, 0.25) is 0 Å². The molecule has 0 saturated heterocycles. The maximum absolute atomic E-state index is 5.39. The standard InChI is InChI=1S/C9H21NO.H2/c1-4-10-7-5-6-8-11-9(2)3;/h9-10H,4-8H2,1-3H3;1H. The van der Waals surface area contributed by atoms with Crippen LogP contribution in [0.1, 0.15) is 35.0 Å². The Morgan fingerprint density at radius 2 is 2.09 bits per heavy atom. The van der Waals surface area contributed by atoms with Crippen molar-refractivity contribution in [1.29, 1.82) is 0 Å². The van der Waals surface area contributed by atoms with Crippen LogP contribution in [0.3, 0.4) is 0 Å². The van der Waals surface area contributed by atoms with Crippen molar-refractivity contribution in [3.63, 3.8) is 0 Å². The molecule has 0 spiro atoms. The fourth-order valence-corrected chi connectivity index (χ4v) is 0.848. The lowest BCUT2D eigenvalue weighted by atomic mass is 10.3. The minimum atomic E-state index is 0. The molecule has 0 heterocycles. The van der Waals surface area contributed by atoms with Crippen LogP contribution in [0.5, 0.6) is 0 Å². The molecule has 2 nitrogen and oxygen atoms in total. The molecule has 2 heteroatoms. The first-order chi connectivity index (χ1) is 5.27. The number of unbranched alkanes of at least 4 members (excludes halogenated alkanes) is 1. The molecule has 0 aliphatic carbocycles. The van der Waals surface area contributed by atoms with Gasteiger partial charge in [-0.2, -0.15) is 0 Å². The molecule has 70 valence electrons. The van der Waals surface area contributed by atoms with Crippen LogP contribution in [-0.4, -0.2) is 25.8 Å². The molecule has 0 aliphatic heterocycles. The van der Waals surface area contributed by atoms with E-state index in [-0.39, 0.29) is 1.43 Å². The van der Waals surface area contributed by atoms with Crippen molar-refractivity contribution in [1.82, 2.24) is 5.32 Å². The third-order valence-electron chi connectivity index (χ3n) is 1.45. The van der Waals surface area contributed by atoms with E-state index in [2.05, 4.69) is 26.1 Å². The largest absolute Gasteiger partial charge is 0.379 e. The van der Waals surface area contributed by atoms with Gasteiger partial charge >= 0.3 is 0 Å². The third-order valence-corrected chi connectivity index (χ3v) is 1.45. The molecule has 0 saturated carbocycles. The maximum atomic E-state index is 5.39. The summed E-state index contributed by atoms with van der Waals surface area (Å²) in [6, 6.07) is 0. The Labute approximate surface area is 71.8 Å². The van der Waals surface area contributed by atoms with Crippen molar-refractivity contribution in [3.8, 4) is 0 Å². The van der Waals surface area contributed by atoms with Crippen LogP contribution in [0.4, 0.5) is 0 Å². The zero-order valence-corrected chi connectivity index (χ0v) is 8.02. The Bertz CT molecular complexity index is 78.9. The lowest BCUT2D eigenvalue weighted by Crippen LogP contribution is -2.14. The number of hydrogen-bond donors (Lipinski definition) is 1. The summed E-state index contributed by atoms with van der Waals surface area (Å²) in [6.07, 6.45) is 2.78. The quantitative estimate of drug-likeness (QED) is 0.577. The smallest absolute Gasteiger partial charge is 0.0518 e. The van der Waals surface area contributed by atoms with Crippen molar-refractivity contribution in [3.05, 3.63) is 0 Å². The molecular weight excluding hydrogens is 138 g/mol. The van der Waals surface area contributed by atoms with Gasteiger partial charge in [0, 0.05) is 8.03 Å². The summed E-state index contributed by atoms with van der Waals surface area (Å²) in [6.45, 7) is 9.38. The van der Waals surface area contributed by atoms with E-state index >= 15 is 0 Å². The van der Waals surface area contributed by atoms with Gasteiger partial charge in [-0.3, -0.25) is 0 Å². The van der Waals surface area contributed by atoms with E-state index in [1.807, 2.05) is 0 Å². The van der Waals surface area contributed by atoms with E-state index in [0.29, 0.717) is 6.10 Å². The second-order valence-corrected chi connectivity index (χ2v) is 2.98. The molecule has 0 fully saturated rings. The van der Waals surface area contributed by atoms with Gasteiger partial charge in [-0.15, -0.1) is 0 Å². The first-order valence-corrected chi connectivity index (χ1v) is 4.59. The lowest BCUT2D eigenvalue weighted by molar-refractivity contribution is 0.0761. The van der Waals surface area contributed by atoms with Gasteiger partial charge < -0.3 is 10.1 Å². The fraction of sp³-hybridized carbons (Fsp3) is 1.00. The van der Waals surface area contributed by atoms with Crippen LogP contribution in [0.15, 0.2) is 0 Å². The molecule has 0 rings (SSSR count). The Hall–Kier alpha value is -0.0800. The minimum absolute atomic E-state index is 0. The normalized spacial score (nSPS) is 10.9. The average molecular weight is 161 g/mol.